The van der Waals surface area contributed by atoms with E-state index in [9.17, 15) is 21.6 Å². The number of piperidine rings is 1. The zero-order valence-electron chi connectivity index (χ0n) is 13.6. The molecule has 0 atom stereocenters. The largest absolute Gasteiger partial charge is 0.516 e. The fourth-order valence-electron chi connectivity index (χ4n) is 2.51. The highest BCUT2D eigenvalue weighted by Gasteiger charge is 2.46. The molecule has 0 bridgehead atoms. The number of nitrogens with zero attached hydrogens (tertiary/aromatic N) is 2. The van der Waals surface area contributed by atoms with Gasteiger partial charge in [0.2, 0.25) is 0 Å². The number of hydrazone groups is 1. The topological polar surface area (TPSA) is 61.8 Å². The highest BCUT2D eigenvalue weighted by molar-refractivity contribution is 7.93. The first kappa shape index (κ1) is 19.8. The average molecular weight is 398 g/mol. The van der Waals surface area contributed by atoms with Crippen LogP contribution in [0.15, 0.2) is 23.3 Å². The van der Waals surface area contributed by atoms with Crippen LogP contribution in [0.25, 0.3) is 0 Å². The van der Waals surface area contributed by atoms with Crippen molar-refractivity contribution in [3.05, 3.63) is 28.8 Å². The van der Waals surface area contributed by atoms with Crippen molar-refractivity contribution in [2.45, 2.75) is 38.1 Å². The van der Waals surface area contributed by atoms with Crippen LogP contribution in [0.2, 0.25) is 5.02 Å². The number of sulfonamides is 1. The molecule has 1 N–H and O–H groups in total. The summed E-state index contributed by atoms with van der Waals surface area (Å²) in [7, 11) is -5.52. The second-order valence-corrected chi connectivity index (χ2v) is 7.77. The molecule has 1 aliphatic rings. The maximum Gasteiger partial charge on any atom is 0.516 e. The molecule has 1 heterocycles. The van der Waals surface area contributed by atoms with Gasteiger partial charge in [-0.25, -0.2) is 0 Å². The van der Waals surface area contributed by atoms with E-state index in [-0.39, 0.29) is 16.3 Å². The van der Waals surface area contributed by atoms with E-state index in [1.807, 2.05) is 5.01 Å². The number of rotatable bonds is 5. The van der Waals surface area contributed by atoms with Crippen LogP contribution >= 0.6 is 11.6 Å². The van der Waals surface area contributed by atoms with Crippen molar-refractivity contribution in [3.63, 3.8) is 0 Å². The van der Waals surface area contributed by atoms with Crippen molar-refractivity contribution in [2.75, 3.05) is 17.8 Å². The van der Waals surface area contributed by atoms with Gasteiger partial charge in [0, 0.05) is 23.7 Å². The molecule has 25 heavy (non-hydrogen) atoms. The smallest absolute Gasteiger partial charge is 0.297 e. The zero-order chi connectivity index (χ0) is 18.7. The van der Waals surface area contributed by atoms with Gasteiger partial charge in [-0.2, -0.15) is 26.7 Å². The molecule has 0 aliphatic carbocycles. The van der Waals surface area contributed by atoms with Gasteiger partial charge in [-0.15, -0.1) is 0 Å². The summed E-state index contributed by atoms with van der Waals surface area (Å²) in [5.41, 5.74) is -4.88. The Hall–Kier alpha value is -1.48. The van der Waals surface area contributed by atoms with Gasteiger partial charge in [0.1, 0.15) is 0 Å². The number of alkyl halides is 3. The lowest BCUT2D eigenvalue weighted by molar-refractivity contribution is -0.0429. The highest BCUT2D eigenvalue weighted by Crippen LogP contribution is 2.29. The minimum atomic E-state index is -5.52. The summed E-state index contributed by atoms with van der Waals surface area (Å²) in [5, 5.41) is 6.63. The van der Waals surface area contributed by atoms with Gasteiger partial charge in [0.25, 0.3) is 0 Å². The van der Waals surface area contributed by atoms with Gasteiger partial charge >= 0.3 is 15.5 Å². The predicted molar refractivity (Wildman–Crippen MR) is 92.3 cm³/mol. The van der Waals surface area contributed by atoms with Crippen LogP contribution in [0.4, 0.5) is 18.9 Å². The summed E-state index contributed by atoms with van der Waals surface area (Å²) in [5.74, 6) is 0. The van der Waals surface area contributed by atoms with Crippen molar-refractivity contribution < 1.29 is 21.6 Å². The summed E-state index contributed by atoms with van der Waals surface area (Å²) < 4.78 is 62.5. The molecule has 1 fully saturated rings. The van der Waals surface area contributed by atoms with Crippen molar-refractivity contribution in [1.29, 1.82) is 0 Å². The Bertz CT molecular complexity index is 745. The molecule has 10 heteroatoms. The second-order valence-electron chi connectivity index (χ2n) is 5.66. The molecule has 0 amide bonds. The van der Waals surface area contributed by atoms with Gasteiger partial charge in [-0.3, -0.25) is 9.73 Å². The van der Waals surface area contributed by atoms with Crippen LogP contribution in [0.5, 0.6) is 0 Å². The van der Waals surface area contributed by atoms with Gasteiger partial charge in [-0.05, 0) is 43.9 Å². The Morgan fingerprint density at radius 1 is 1.28 bits per heavy atom. The Balaban J connectivity index is 2.41. The number of halogens is 4. The van der Waals surface area contributed by atoms with Gasteiger partial charge in [-0.1, -0.05) is 18.5 Å². The first-order chi connectivity index (χ1) is 11.6. The third-order valence-electron chi connectivity index (χ3n) is 3.77. The van der Waals surface area contributed by atoms with E-state index in [4.69, 9.17) is 11.6 Å². The summed E-state index contributed by atoms with van der Waals surface area (Å²) in [6.07, 6.45) is 3.51. The molecule has 0 radical (unpaired) electrons. The minimum absolute atomic E-state index is 0.195. The van der Waals surface area contributed by atoms with E-state index in [1.54, 1.807) is 11.6 Å². The molecular weight excluding hydrogens is 379 g/mol. The van der Waals surface area contributed by atoms with E-state index >= 15 is 0 Å². The number of nitrogens with one attached hydrogen (secondary N) is 1. The van der Waals surface area contributed by atoms with Gasteiger partial charge < -0.3 is 0 Å². The Kier molecular flexibility index (Phi) is 6.21. The molecule has 0 spiro atoms. The molecule has 1 aromatic carbocycles. The summed E-state index contributed by atoms with van der Waals surface area (Å²) in [4.78, 5) is 0. The fraction of sp³-hybridized carbons (Fsp3) is 0.533. The van der Waals surface area contributed by atoms with Crippen LogP contribution in [0, 0.1) is 0 Å². The van der Waals surface area contributed by atoms with Crippen molar-refractivity contribution in [1.82, 2.24) is 5.01 Å². The van der Waals surface area contributed by atoms with Crippen molar-refractivity contribution in [3.8, 4) is 0 Å². The molecule has 140 valence electrons. The maximum atomic E-state index is 12.7. The fourth-order valence-corrected chi connectivity index (χ4v) is 3.27. The lowest BCUT2D eigenvalue weighted by atomic mass is 10.1. The van der Waals surface area contributed by atoms with E-state index in [0.717, 1.165) is 32.4 Å². The quantitative estimate of drug-likeness (QED) is 0.757. The standard InChI is InChI=1S/C15H19ClF3N3O2S/c1-2-13(20-22-8-4-3-5-9-22)12-10-11(16)6-7-14(12)21-25(23,24)15(17,18)19/h6-7,10,21H,2-5,8-9H2,1H3/b20-13-. The molecule has 1 saturated heterocycles. The molecular formula is C15H19ClF3N3O2S. The Morgan fingerprint density at radius 3 is 2.48 bits per heavy atom. The van der Waals surface area contributed by atoms with E-state index in [0.29, 0.717) is 12.1 Å². The predicted octanol–water partition coefficient (Wildman–Crippen LogP) is 4.20. The first-order valence-corrected chi connectivity index (χ1v) is 9.71. The summed E-state index contributed by atoms with van der Waals surface area (Å²) in [6.45, 7) is 3.31. The Labute approximate surface area is 149 Å². The monoisotopic (exact) mass is 397 g/mol. The third kappa shape index (κ3) is 5.01. The van der Waals surface area contributed by atoms with Crippen LogP contribution in [-0.4, -0.2) is 37.7 Å². The number of anilines is 1. The lowest BCUT2D eigenvalue weighted by Crippen LogP contribution is -2.31. The average Bonchev–Trinajstić information content (AvgIpc) is 2.54. The third-order valence-corrected chi connectivity index (χ3v) is 5.10. The van der Waals surface area contributed by atoms with Crippen LogP contribution in [0.3, 0.4) is 0 Å². The SMILES string of the molecule is CC/C(=N/N1CCCCC1)c1cc(Cl)ccc1NS(=O)(=O)C(F)(F)F. The van der Waals surface area contributed by atoms with Crippen molar-refractivity contribution >= 4 is 33.0 Å². The molecule has 2 rings (SSSR count). The maximum absolute atomic E-state index is 12.7. The second kappa shape index (κ2) is 7.82. The van der Waals surface area contributed by atoms with E-state index < -0.39 is 15.5 Å². The van der Waals surface area contributed by atoms with E-state index in [1.165, 1.54) is 18.2 Å². The van der Waals surface area contributed by atoms with E-state index in [2.05, 4.69) is 5.10 Å². The normalized spacial score (nSPS) is 16.8. The number of hydrogen-bond acceptors (Lipinski definition) is 4. The summed E-state index contributed by atoms with van der Waals surface area (Å²) >= 11 is 5.95. The number of benzene rings is 1. The van der Waals surface area contributed by atoms with Gasteiger partial charge in [0.15, 0.2) is 0 Å². The van der Waals surface area contributed by atoms with Gasteiger partial charge in [0.05, 0.1) is 11.4 Å². The lowest BCUT2D eigenvalue weighted by Gasteiger charge is -2.25. The minimum Gasteiger partial charge on any atom is -0.297 e. The molecule has 1 aromatic rings. The zero-order valence-corrected chi connectivity index (χ0v) is 15.2. The van der Waals surface area contributed by atoms with Crippen LogP contribution in [0.1, 0.15) is 38.2 Å². The molecule has 0 aromatic heterocycles. The van der Waals surface area contributed by atoms with Crippen molar-refractivity contribution in [2.24, 2.45) is 5.10 Å². The molecule has 1 aliphatic heterocycles. The van der Waals surface area contributed by atoms with Crippen LogP contribution in [-0.2, 0) is 10.0 Å². The summed E-state index contributed by atoms with van der Waals surface area (Å²) in [6, 6.07) is 3.96. The Morgan fingerprint density at radius 2 is 1.92 bits per heavy atom. The molecule has 5 nitrogen and oxygen atoms in total. The first-order valence-electron chi connectivity index (χ1n) is 7.85. The number of hydrogen-bond donors (Lipinski definition) is 1. The molecule has 0 unspecified atom stereocenters. The highest BCUT2D eigenvalue weighted by atomic mass is 35.5. The molecule has 0 saturated carbocycles. The van der Waals surface area contributed by atoms with Crippen LogP contribution < -0.4 is 4.72 Å².